The molecule has 0 amide bonds. The first-order valence-corrected chi connectivity index (χ1v) is 10.2. The van der Waals surface area contributed by atoms with E-state index in [9.17, 15) is 8.78 Å². The van der Waals surface area contributed by atoms with E-state index in [1.807, 2.05) is 36.4 Å². The van der Waals surface area contributed by atoms with E-state index in [0.717, 1.165) is 39.1 Å². The summed E-state index contributed by atoms with van der Waals surface area (Å²) < 4.78 is 30.4. The van der Waals surface area contributed by atoms with E-state index in [-0.39, 0.29) is 0 Å². The molecule has 0 aliphatic rings. The van der Waals surface area contributed by atoms with Gasteiger partial charge < -0.3 is 4.57 Å². The van der Waals surface area contributed by atoms with E-state index in [1.165, 1.54) is 22.9 Å². The van der Waals surface area contributed by atoms with Crippen LogP contribution in [0, 0.1) is 11.6 Å². The molecular weight excluding hydrogens is 388 g/mol. The summed E-state index contributed by atoms with van der Waals surface area (Å²) in [4.78, 5) is 0. The second kappa shape index (κ2) is 6.78. The fourth-order valence-corrected chi connectivity index (χ4v) is 4.61. The molecule has 148 valence electrons. The molecule has 5 aromatic carbocycles. The predicted molar refractivity (Wildman–Crippen MR) is 124 cm³/mol. The van der Waals surface area contributed by atoms with Crippen LogP contribution in [0.5, 0.6) is 0 Å². The van der Waals surface area contributed by atoms with Gasteiger partial charge in [0.05, 0.1) is 16.7 Å². The van der Waals surface area contributed by atoms with Crippen molar-refractivity contribution in [3.05, 3.63) is 115 Å². The molecule has 0 bridgehead atoms. The third kappa shape index (κ3) is 2.67. The second-order valence-corrected chi connectivity index (χ2v) is 7.67. The van der Waals surface area contributed by atoms with Crippen molar-refractivity contribution < 1.29 is 8.78 Å². The first-order valence-electron chi connectivity index (χ1n) is 10.2. The van der Waals surface area contributed by atoms with Crippen LogP contribution in [0.25, 0.3) is 49.4 Å². The van der Waals surface area contributed by atoms with Crippen LogP contribution >= 0.6 is 0 Å². The molecule has 0 N–H and O–H groups in total. The average molecular weight is 405 g/mol. The Kier molecular flexibility index (Phi) is 3.90. The Morgan fingerprint density at radius 3 is 1.81 bits per heavy atom. The van der Waals surface area contributed by atoms with Crippen LogP contribution in [-0.2, 0) is 0 Å². The number of rotatable bonds is 2. The van der Waals surface area contributed by atoms with Crippen LogP contribution in [0.4, 0.5) is 8.78 Å². The highest BCUT2D eigenvalue weighted by molar-refractivity contribution is 6.11. The first kappa shape index (κ1) is 17.8. The molecule has 3 heteroatoms. The van der Waals surface area contributed by atoms with E-state index in [1.54, 1.807) is 0 Å². The molecule has 0 unspecified atom stereocenters. The summed E-state index contributed by atoms with van der Waals surface area (Å²) in [6, 6.07) is 32.4. The minimum Gasteiger partial charge on any atom is -0.309 e. The fraction of sp³-hybridized carbons (Fsp3) is 0. The molecule has 0 aliphatic carbocycles. The van der Waals surface area contributed by atoms with Crippen LogP contribution < -0.4 is 0 Å². The Bertz CT molecular complexity index is 1560. The Morgan fingerprint density at radius 2 is 1.10 bits per heavy atom. The summed E-state index contributed by atoms with van der Waals surface area (Å²) in [5, 5.41) is 4.31. The molecule has 6 rings (SSSR count). The van der Waals surface area contributed by atoms with Crippen LogP contribution in [0.1, 0.15) is 0 Å². The number of hydrogen-bond donors (Lipinski definition) is 0. The Hall–Kier alpha value is -3.98. The summed E-state index contributed by atoms with van der Waals surface area (Å²) in [7, 11) is 0. The minimum atomic E-state index is -0.576. The first-order chi connectivity index (χ1) is 15.2. The van der Waals surface area contributed by atoms with Gasteiger partial charge in [0.1, 0.15) is 11.6 Å². The number of aromatic nitrogens is 1. The van der Waals surface area contributed by atoms with Crippen molar-refractivity contribution in [1.29, 1.82) is 0 Å². The van der Waals surface area contributed by atoms with Crippen molar-refractivity contribution in [2.75, 3.05) is 0 Å². The highest BCUT2D eigenvalue weighted by Crippen LogP contribution is 2.37. The maximum atomic E-state index is 14.6. The molecule has 0 saturated carbocycles. The van der Waals surface area contributed by atoms with Crippen molar-refractivity contribution in [2.45, 2.75) is 0 Å². The van der Waals surface area contributed by atoms with Crippen molar-refractivity contribution in [3.8, 4) is 16.8 Å². The molecule has 0 fully saturated rings. The van der Waals surface area contributed by atoms with E-state index >= 15 is 0 Å². The van der Waals surface area contributed by atoms with Gasteiger partial charge in [-0.25, -0.2) is 8.78 Å². The number of fused-ring (bicyclic) bond motifs is 4. The van der Waals surface area contributed by atoms with Gasteiger partial charge in [-0.15, -0.1) is 0 Å². The number of hydrogen-bond acceptors (Lipinski definition) is 0. The largest absolute Gasteiger partial charge is 0.309 e. The quantitative estimate of drug-likeness (QED) is 0.276. The van der Waals surface area contributed by atoms with Crippen molar-refractivity contribution in [1.82, 2.24) is 4.57 Å². The maximum Gasteiger partial charge on any atom is 0.133 e. The predicted octanol–water partition coefficient (Wildman–Crippen LogP) is 7.88. The molecule has 0 aliphatic heterocycles. The van der Waals surface area contributed by atoms with Gasteiger partial charge in [0.2, 0.25) is 0 Å². The third-order valence-electron chi connectivity index (χ3n) is 5.94. The summed E-state index contributed by atoms with van der Waals surface area (Å²) in [5.74, 6) is -1.14. The minimum absolute atomic E-state index is 0.395. The zero-order chi connectivity index (χ0) is 20.9. The second-order valence-electron chi connectivity index (χ2n) is 7.67. The zero-order valence-electron chi connectivity index (χ0n) is 16.5. The number of nitrogens with zero attached hydrogens (tertiary/aromatic N) is 1. The molecule has 0 spiro atoms. The summed E-state index contributed by atoms with van der Waals surface area (Å²) in [6.45, 7) is 0. The van der Waals surface area contributed by atoms with Gasteiger partial charge in [0.25, 0.3) is 0 Å². The van der Waals surface area contributed by atoms with Crippen molar-refractivity contribution in [3.63, 3.8) is 0 Å². The molecular formula is C28H17F2N. The molecule has 1 nitrogen and oxygen atoms in total. The molecule has 31 heavy (non-hydrogen) atoms. The van der Waals surface area contributed by atoms with Gasteiger partial charge in [0.15, 0.2) is 0 Å². The summed E-state index contributed by atoms with van der Waals surface area (Å²) in [5.41, 5.74) is 4.41. The molecule has 1 heterocycles. The molecule has 6 aromatic rings. The number of para-hydroxylation sites is 2. The SMILES string of the molecule is Fc1ccc(-c2cccc3c(-n4c5ccccc5c5ccccc54)cccc23)c(F)c1. The van der Waals surface area contributed by atoms with Gasteiger partial charge in [0, 0.05) is 27.8 Å². The Morgan fingerprint density at radius 1 is 0.484 bits per heavy atom. The van der Waals surface area contributed by atoms with E-state index in [2.05, 4.69) is 53.1 Å². The lowest BCUT2D eigenvalue weighted by Gasteiger charge is -2.14. The summed E-state index contributed by atoms with van der Waals surface area (Å²) >= 11 is 0. The standard InChI is InChI=1S/C28H17F2N/c29-18-15-16-21(25(30)17-18)19-9-5-11-22-20(19)10-6-14-28(22)31-26-12-3-1-7-23(26)24-8-2-4-13-27(24)31/h1-17H. The van der Waals surface area contributed by atoms with Crippen LogP contribution in [-0.4, -0.2) is 4.57 Å². The highest BCUT2D eigenvalue weighted by atomic mass is 19.1. The third-order valence-corrected chi connectivity index (χ3v) is 5.94. The van der Waals surface area contributed by atoms with Crippen LogP contribution in [0.2, 0.25) is 0 Å². The lowest BCUT2D eigenvalue weighted by Crippen LogP contribution is -1.96. The molecule has 0 saturated heterocycles. The number of halogens is 2. The van der Waals surface area contributed by atoms with Crippen LogP contribution in [0.15, 0.2) is 103 Å². The lowest BCUT2D eigenvalue weighted by atomic mass is 9.97. The lowest BCUT2D eigenvalue weighted by molar-refractivity contribution is 0.585. The molecule has 0 atom stereocenters. The smallest absolute Gasteiger partial charge is 0.133 e. The van der Waals surface area contributed by atoms with Gasteiger partial charge in [-0.1, -0.05) is 66.7 Å². The number of benzene rings is 5. The zero-order valence-corrected chi connectivity index (χ0v) is 16.5. The normalized spacial score (nSPS) is 11.5. The topological polar surface area (TPSA) is 4.93 Å². The van der Waals surface area contributed by atoms with E-state index in [4.69, 9.17) is 0 Å². The average Bonchev–Trinajstić information content (AvgIpc) is 3.13. The molecule has 0 radical (unpaired) electrons. The van der Waals surface area contributed by atoms with Gasteiger partial charge in [-0.3, -0.25) is 0 Å². The van der Waals surface area contributed by atoms with Gasteiger partial charge >= 0.3 is 0 Å². The van der Waals surface area contributed by atoms with E-state index < -0.39 is 11.6 Å². The fourth-order valence-electron chi connectivity index (χ4n) is 4.61. The van der Waals surface area contributed by atoms with Crippen LogP contribution in [0.3, 0.4) is 0 Å². The molecule has 1 aromatic heterocycles. The summed E-state index contributed by atoms with van der Waals surface area (Å²) in [6.07, 6.45) is 0. The van der Waals surface area contributed by atoms with Gasteiger partial charge in [-0.2, -0.15) is 0 Å². The van der Waals surface area contributed by atoms with Crippen molar-refractivity contribution >= 4 is 32.6 Å². The Balaban J connectivity index is 1.71. The highest BCUT2D eigenvalue weighted by Gasteiger charge is 2.15. The maximum absolute atomic E-state index is 14.6. The monoisotopic (exact) mass is 405 g/mol. The van der Waals surface area contributed by atoms with Crippen molar-refractivity contribution in [2.24, 2.45) is 0 Å². The van der Waals surface area contributed by atoms with Gasteiger partial charge in [-0.05, 0) is 41.3 Å². The van der Waals surface area contributed by atoms with E-state index in [0.29, 0.717) is 5.56 Å². The Labute approximate surface area is 177 Å².